The van der Waals surface area contributed by atoms with Crippen LogP contribution in [0.25, 0.3) is 0 Å². The average Bonchev–Trinajstić information content (AvgIpc) is 3.46. The van der Waals surface area contributed by atoms with Crippen LogP contribution in [0.3, 0.4) is 0 Å². The van der Waals surface area contributed by atoms with Crippen LogP contribution >= 0.6 is 11.8 Å². The summed E-state index contributed by atoms with van der Waals surface area (Å²) in [5, 5.41) is 5.51. The predicted octanol–water partition coefficient (Wildman–Crippen LogP) is 2.66. The van der Waals surface area contributed by atoms with Crippen molar-refractivity contribution in [3.63, 3.8) is 0 Å². The summed E-state index contributed by atoms with van der Waals surface area (Å²) in [6, 6.07) is 6.80. The highest BCUT2D eigenvalue weighted by atomic mass is 32.2. The normalized spacial score (nSPS) is 14.9. The van der Waals surface area contributed by atoms with Crippen molar-refractivity contribution in [1.82, 2.24) is 10.6 Å². The van der Waals surface area contributed by atoms with Gasteiger partial charge in [0.2, 0.25) is 0 Å². The van der Waals surface area contributed by atoms with Crippen LogP contribution in [0.15, 0.2) is 24.3 Å². The number of rotatable bonds is 9. The molecule has 1 fully saturated rings. The summed E-state index contributed by atoms with van der Waals surface area (Å²) in [6.45, 7) is 6.00. The van der Waals surface area contributed by atoms with Gasteiger partial charge in [-0.3, -0.25) is 9.59 Å². The van der Waals surface area contributed by atoms with Gasteiger partial charge in [0.05, 0.1) is 0 Å². The number of thioether (sulfide) groups is 1. The Bertz CT molecular complexity index is 693. The van der Waals surface area contributed by atoms with Gasteiger partial charge in [-0.15, -0.1) is 0 Å². The molecule has 28 heavy (non-hydrogen) atoms. The highest BCUT2D eigenvalue weighted by Crippen LogP contribution is 2.22. The summed E-state index contributed by atoms with van der Waals surface area (Å²) in [7, 11) is 0. The van der Waals surface area contributed by atoms with Crippen LogP contribution in [-0.2, 0) is 19.7 Å². The molecule has 0 radical (unpaired) electrons. The number of carbonyl (C=O) groups excluding carboxylic acids is 3. The second-order valence-corrected chi connectivity index (χ2v) is 9.07. The maximum atomic E-state index is 12.6. The molecular formula is C21H30N2O4S. The van der Waals surface area contributed by atoms with Gasteiger partial charge < -0.3 is 15.4 Å². The zero-order valence-electron chi connectivity index (χ0n) is 17.0. The number of carbonyl (C=O) groups is 3. The first kappa shape index (κ1) is 22.3. The van der Waals surface area contributed by atoms with Crippen molar-refractivity contribution in [2.75, 3.05) is 18.6 Å². The van der Waals surface area contributed by atoms with Crippen molar-refractivity contribution in [1.29, 1.82) is 0 Å². The maximum absolute atomic E-state index is 12.6. The van der Waals surface area contributed by atoms with Gasteiger partial charge in [-0.1, -0.05) is 32.9 Å². The summed E-state index contributed by atoms with van der Waals surface area (Å²) < 4.78 is 5.12. The van der Waals surface area contributed by atoms with Gasteiger partial charge in [-0.05, 0) is 54.4 Å². The minimum absolute atomic E-state index is 0.000730. The summed E-state index contributed by atoms with van der Waals surface area (Å²) in [6.07, 6.45) is 4.31. The molecule has 0 saturated heterocycles. The number of benzene rings is 1. The van der Waals surface area contributed by atoms with Gasteiger partial charge >= 0.3 is 5.97 Å². The van der Waals surface area contributed by atoms with E-state index >= 15 is 0 Å². The van der Waals surface area contributed by atoms with E-state index in [1.54, 1.807) is 23.9 Å². The fraction of sp³-hybridized carbons (Fsp3) is 0.571. The summed E-state index contributed by atoms with van der Waals surface area (Å²) in [5.41, 5.74) is 1.62. The molecule has 1 aromatic rings. The molecule has 1 aliphatic rings. The number of ether oxygens (including phenoxy) is 1. The highest BCUT2D eigenvalue weighted by molar-refractivity contribution is 7.98. The maximum Gasteiger partial charge on any atom is 0.329 e. The number of amides is 2. The summed E-state index contributed by atoms with van der Waals surface area (Å²) >= 11 is 1.58. The molecule has 2 N–H and O–H groups in total. The minimum Gasteiger partial charge on any atom is -0.454 e. The van der Waals surface area contributed by atoms with Gasteiger partial charge in [-0.2, -0.15) is 11.8 Å². The van der Waals surface area contributed by atoms with Gasteiger partial charge in [0.1, 0.15) is 6.04 Å². The number of hydrogen-bond donors (Lipinski definition) is 2. The molecule has 0 aliphatic heterocycles. The van der Waals surface area contributed by atoms with Crippen LogP contribution in [0.1, 0.15) is 56.0 Å². The first-order chi connectivity index (χ1) is 13.2. The van der Waals surface area contributed by atoms with E-state index in [0.29, 0.717) is 17.7 Å². The molecule has 7 heteroatoms. The van der Waals surface area contributed by atoms with Gasteiger partial charge in [0, 0.05) is 11.6 Å². The zero-order valence-corrected chi connectivity index (χ0v) is 17.9. The van der Waals surface area contributed by atoms with Crippen molar-refractivity contribution in [3.8, 4) is 0 Å². The molecule has 0 spiro atoms. The Hall–Kier alpha value is -2.02. The Kier molecular flexibility index (Phi) is 7.92. The molecule has 6 nitrogen and oxygen atoms in total. The van der Waals surface area contributed by atoms with E-state index in [-0.39, 0.29) is 29.9 Å². The fourth-order valence-electron chi connectivity index (χ4n) is 2.58. The molecule has 2 amide bonds. The Morgan fingerprint density at radius 1 is 1.18 bits per heavy atom. The second kappa shape index (κ2) is 9.96. The van der Waals surface area contributed by atoms with Crippen molar-refractivity contribution in [2.45, 2.75) is 57.5 Å². The number of hydrogen-bond acceptors (Lipinski definition) is 5. The third-order valence-corrected chi connectivity index (χ3v) is 5.15. The van der Waals surface area contributed by atoms with E-state index in [0.717, 1.165) is 18.4 Å². The van der Waals surface area contributed by atoms with E-state index in [1.807, 2.05) is 18.4 Å². The van der Waals surface area contributed by atoms with E-state index in [4.69, 9.17) is 4.74 Å². The van der Waals surface area contributed by atoms with Gasteiger partial charge in [0.15, 0.2) is 6.61 Å². The first-order valence-corrected chi connectivity index (χ1v) is 11.0. The van der Waals surface area contributed by atoms with Crippen LogP contribution in [-0.4, -0.2) is 48.5 Å². The topological polar surface area (TPSA) is 84.5 Å². The lowest BCUT2D eigenvalue weighted by atomic mass is 9.86. The Morgan fingerprint density at radius 3 is 2.36 bits per heavy atom. The summed E-state index contributed by atoms with van der Waals surface area (Å²) in [4.78, 5) is 36.7. The number of esters is 1. The molecule has 1 saturated carbocycles. The second-order valence-electron chi connectivity index (χ2n) is 8.08. The van der Waals surface area contributed by atoms with Crippen molar-refractivity contribution in [3.05, 3.63) is 35.4 Å². The van der Waals surface area contributed by atoms with E-state index in [2.05, 4.69) is 31.4 Å². The molecule has 154 valence electrons. The average molecular weight is 407 g/mol. The van der Waals surface area contributed by atoms with Gasteiger partial charge in [-0.25, -0.2) is 4.79 Å². The lowest BCUT2D eigenvalue weighted by Crippen LogP contribution is -2.43. The van der Waals surface area contributed by atoms with Crippen LogP contribution < -0.4 is 10.6 Å². The molecule has 2 rings (SSSR count). The predicted molar refractivity (Wildman–Crippen MR) is 112 cm³/mol. The SMILES string of the molecule is CSCC[C@@H](NC(=O)c1ccc(C(C)(C)C)cc1)C(=O)OCC(=O)NC1CC1. The monoisotopic (exact) mass is 406 g/mol. The fourth-order valence-corrected chi connectivity index (χ4v) is 3.05. The lowest BCUT2D eigenvalue weighted by Gasteiger charge is -2.20. The highest BCUT2D eigenvalue weighted by Gasteiger charge is 2.26. The summed E-state index contributed by atoms with van der Waals surface area (Å²) in [5.74, 6) is -0.522. The Labute approximate surface area is 171 Å². The third-order valence-electron chi connectivity index (χ3n) is 4.50. The Balaban J connectivity index is 1.94. The van der Waals surface area contributed by atoms with E-state index in [1.165, 1.54) is 0 Å². The quantitative estimate of drug-likeness (QED) is 0.616. The zero-order chi connectivity index (χ0) is 20.7. The lowest BCUT2D eigenvalue weighted by molar-refractivity contribution is -0.150. The van der Waals surface area contributed by atoms with Crippen LogP contribution in [0.5, 0.6) is 0 Å². The molecule has 1 aliphatic carbocycles. The standard InChI is InChI=1S/C21H30N2O4S/c1-21(2,3)15-7-5-14(6-8-15)19(25)23-17(11-12-28-4)20(26)27-13-18(24)22-16-9-10-16/h5-8,16-17H,9-13H2,1-4H3,(H,22,24)(H,23,25)/t17-/m1/s1. The van der Waals surface area contributed by atoms with Crippen molar-refractivity contribution in [2.24, 2.45) is 0 Å². The minimum atomic E-state index is -0.782. The Morgan fingerprint density at radius 2 is 1.82 bits per heavy atom. The number of nitrogens with one attached hydrogen (secondary N) is 2. The smallest absolute Gasteiger partial charge is 0.329 e. The van der Waals surface area contributed by atoms with Crippen molar-refractivity contribution >= 4 is 29.5 Å². The molecule has 1 aromatic carbocycles. The largest absolute Gasteiger partial charge is 0.454 e. The van der Waals surface area contributed by atoms with Gasteiger partial charge in [0.25, 0.3) is 11.8 Å². The molecule has 0 aromatic heterocycles. The molecule has 0 unspecified atom stereocenters. The molecule has 0 bridgehead atoms. The third kappa shape index (κ3) is 7.19. The molecule has 1 atom stereocenters. The van der Waals surface area contributed by atoms with Crippen LogP contribution in [0, 0.1) is 0 Å². The van der Waals surface area contributed by atoms with Crippen LogP contribution in [0.4, 0.5) is 0 Å². The molecule has 0 heterocycles. The van der Waals surface area contributed by atoms with Crippen LogP contribution in [0.2, 0.25) is 0 Å². The van der Waals surface area contributed by atoms with E-state index < -0.39 is 12.0 Å². The first-order valence-electron chi connectivity index (χ1n) is 9.57. The van der Waals surface area contributed by atoms with Crippen molar-refractivity contribution < 1.29 is 19.1 Å². The molecular weight excluding hydrogens is 376 g/mol. The van der Waals surface area contributed by atoms with E-state index in [9.17, 15) is 14.4 Å².